The first-order valence-electron chi connectivity index (χ1n) is 14.6. The molecule has 3 aromatic rings. The van der Waals surface area contributed by atoms with Gasteiger partial charge in [-0.15, -0.1) is 0 Å². The molecule has 4 rings (SSSR count). The zero-order valence-corrected chi connectivity index (χ0v) is 27.4. The smallest absolute Gasteiger partial charge is 0.343 e. The molecule has 0 unspecified atom stereocenters. The van der Waals surface area contributed by atoms with E-state index in [0.717, 1.165) is 48.0 Å². The van der Waals surface area contributed by atoms with Gasteiger partial charge in [-0.25, -0.2) is 19.2 Å². The Balaban J connectivity index is 1.53. The van der Waals surface area contributed by atoms with E-state index in [0.29, 0.717) is 38.4 Å². The van der Waals surface area contributed by atoms with Crippen LogP contribution in [0.25, 0.3) is 4.85 Å². The topological polar surface area (TPSA) is 119 Å². The van der Waals surface area contributed by atoms with Gasteiger partial charge in [-0.05, 0) is 67.4 Å². The lowest BCUT2D eigenvalue weighted by Crippen LogP contribution is -2.11. The molecule has 3 aromatic carbocycles. The van der Waals surface area contributed by atoms with E-state index in [2.05, 4.69) is 18.3 Å². The van der Waals surface area contributed by atoms with Crippen molar-refractivity contribution in [2.24, 2.45) is 0 Å². The van der Waals surface area contributed by atoms with Crippen LogP contribution in [0, 0.1) is 6.57 Å². The Hall–Kier alpha value is -4.99. The minimum atomic E-state index is -0.783. The van der Waals surface area contributed by atoms with Crippen LogP contribution in [-0.4, -0.2) is 43.7 Å². The molecule has 47 heavy (non-hydrogen) atoms. The van der Waals surface area contributed by atoms with E-state index in [1.54, 1.807) is 43.3 Å². The summed E-state index contributed by atoms with van der Waals surface area (Å²) in [7, 11) is 0. The Labute approximate surface area is 280 Å². The SMILES string of the molecule is [C-]#[N+]/C(C(=O)OCC)=C1/Sc2c(OC(=O)c3ccc(CCC)cc3)ccc(OC(=O)c3ccc(OCCCOC(=O)C=C)cc3)c2S1. The molecule has 0 N–H and O–H groups in total. The molecule has 0 fully saturated rings. The fraction of sp³-hybridized carbons (Fsp3) is 0.229. The van der Waals surface area contributed by atoms with Crippen LogP contribution in [0.2, 0.25) is 0 Å². The van der Waals surface area contributed by atoms with Crippen molar-refractivity contribution in [1.82, 2.24) is 0 Å². The molecule has 12 heteroatoms. The molecule has 0 radical (unpaired) electrons. The Morgan fingerprint density at radius 2 is 1.38 bits per heavy atom. The van der Waals surface area contributed by atoms with Crippen molar-refractivity contribution in [2.45, 2.75) is 42.9 Å². The summed E-state index contributed by atoms with van der Waals surface area (Å²) in [4.78, 5) is 54.1. The van der Waals surface area contributed by atoms with Crippen molar-refractivity contribution in [3.05, 3.63) is 111 Å². The summed E-state index contributed by atoms with van der Waals surface area (Å²) >= 11 is 2.11. The normalized spacial score (nSPS) is 12.6. The summed E-state index contributed by atoms with van der Waals surface area (Å²) in [6, 6.07) is 16.5. The largest absolute Gasteiger partial charge is 0.493 e. The van der Waals surface area contributed by atoms with Gasteiger partial charge in [-0.1, -0.05) is 55.6 Å². The first kappa shape index (κ1) is 34.9. The van der Waals surface area contributed by atoms with Gasteiger partial charge in [0.05, 0.1) is 51.5 Å². The summed E-state index contributed by atoms with van der Waals surface area (Å²) in [5.74, 6) is -1.68. The Morgan fingerprint density at radius 1 is 0.809 bits per heavy atom. The fourth-order valence-electron chi connectivity index (χ4n) is 4.14. The zero-order chi connectivity index (χ0) is 33.8. The van der Waals surface area contributed by atoms with Crippen LogP contribution in [-0.2, 0) is 25.5 Å². The maximum absolute atomic E-state index is 13.1. The molecule has 0 aromatic heterocycles. The Kier molecular flexibility index (Phi) is 12.7. The number of carbonyl (C=O) groups is 4. The maximum Gasteiger partial charge on any atom is 0.343 e. The van der Waals surface area contributed by atoms with Crippen LogP contribution in [0.5, 0.6) is 17.2 Å². The monoisotopic (exact) mass is 673 g/mol. The molecule has 1 aliphatic heterocycles. The van der Waals surface area contributed by atoms with E-state index in [4.69, 9.17) is 30.3 Å². The minimum Gasteiger partial charge on any atom is -0.493 e. The number of aryl methyl sites for hydroxylation is 1. The van der Waals surface area contributed by atoms with Crippen molar-refractivity contribution in [2.75, 3.05) is 19.8 Å². The predicted molar refractivity (Wildman–Crippen MR) is 176 cm³/mol. The number of ether oxygens (including phenoxy) is 5. The maximum atomic E-state index is 13.1. The van der Waals surface area contributed by atoms with Gasteiger partial charge in [-0.2, -0.15) is 0 Å². The Morgan fingerprint density at radius 3 is 1.89 bits per heavy atom. The second-order valence-corrected chi connectivity index (χ2v) is 12.0. The van der Waals surface area contributed by atoms with Crippen LogP contribution < -0.4 is 14.2 Å². The molecule has 0 aliphatic carbocycles. The number of fused-ring (bicyclic) bond motifs is 1. The van der Waals surface area contributed by atoms with Crippen molar-refractivity contribution in [1.29, 1.82) is 0 Å². The van der Waals surface area contributed by atoms with Crippen LogP contribution in [0.4, 0.5) is 0 Å². The number of benzene rings is 3. The number of esters is 4. The van der Waals surface area contributed by atoms with Gasteiger partial charge >= 0.3 is 23.9 Å². The molecule has 0 saturated heterocycles. The summed E-state index contributed by atoms with van der Waals surface area (Å²) in [5.41, 5.74) is 1.48. The molecule has 242 valence electrons. The van der Waals surface area contributed by atoms with Gasteiger partial charge in [0.1, 0.15) is 17.2 Å². The van der Waals surface area contributed by atoms with Gasteiger partial charge in [0.15, 0.2) is 0 Å². The summed E-state index contributed by atoms with van der Waals surface area (Å²) in [5, 5.41) is 0. The van der Waals surface area contributed by atoms with E-state index < -0.39 is 23.9 Å². The summed E-state index contributed by atoms with van der Waals surface area (Å²) in [6.45, 7) is 15.2. The van der Waals surface area contributed by atoms with E-state index >= 15 is 0 Å². The van der Waals surface area contributed by atoms with Gasteiger partial charge in [-0.3, -0.25) is 4.79 Å². The van der Waals surface area contributed by atoms with Gasteiger partial charge in [0.25, 0.3) is 5.70 Å². The molecule has 0 amide bonds. The average molecular weight is 674 g/mol. The molecular formula is C35H31NO9S2. The van der Waals surface area contributed by atoms with Crippen LogP contribution in [0.1, 0.15) is 53.0 Å². The lowest BCUT2D eigenvalue weighted by atomic mass is 10.1. The number of hydrogen-bond acceptors (Lipinski definition) is 11. The minimum absolute atomic E-state index is 0.0885. The fourth-order valence-corrected chi connectivity index (χ4v) is 6.69. The van der Waals surface area contributed by atoms with Crippen molar-refractivity contribution in [3.63, 3.8) is 0 Å². The number of hydrogen-bond donors (Lipinski definition) is 0. The van der Waals surface area contributed by atoms with Crippen LogP contribution in [0.3, 0.4) is 0 Å². The predicted octanol–water partition coefficient (Wildman–Crippen LogP) is 7.42. The van der Waals surface area contributed by atoms with Crippen LogP contribution in [0.15, 0.2) is 93.0 Å². The third-order valence-corrected chi connectivity index (χ3v) is 9.00. The lowest BCUT2D eigenvalue weighted by Gasteiger charge is -2.12. The molecule has 1 heterocycles. The molecule has 0 bridgehead atoms. The molecule has 0 atom stereocenters. The van der Waals surface area contributed by atoms with Crippen molar-refractivity contribution < 1.29 is 42.9 Å². The van der Waals surface area contributed by atoms with Crippen LogP contribution >= 0.6 is 23.5 Å². The third kappa shape index (κ3) is 9.28. The average Bonchev–Trinajstić information content (AvgIpc) is 3.52. The highest BCUT2D eigenvalue weighted by Gasteiger charge is 2.32. The molecular weight excluding hydrogens is 643 g/mol. The van der Waals surface area contributed by atoms with Gasteiger partial charge in [0.2, 0.25) is 0 Å². The second kappa shape index (κ2) is 17.1. The highest BCUT2D eigenvalue weighted by Crippen LogP contribution is 2.59. The molecule has 1 aliphatic rings. The zero-order valence-electron chi connectivity index (χ0n) is 25.7. The highest BCUT2D eigenvalue weighted by atomic mass is 32.2. The summed E-state index contributed by atoms with van der Waals surface area (Å²) in [6.07, 6.45) is 3.44. The first-order chi connectivity index (χ1) is 22.8. The number of rotatable bonds is 14. The van der Waals surface area contributed by atoms with Gasteiger partial charge in [0, 0.05) is 12.5 Å². The first-order valence-corrected chi connectivity index (χ1v) is 16.3. The quantitative estimate of drug-likeness (QED) is 0.0559. The number of thioether (sulfide) groups is 2. The molecule has 0 spiro atoms. The van der Waals surface area contributed by atoms with E-state index in [1.165, 1.54) is 12.1 Å². The van der Waals surface area contributed by atoms with Gasteiger partial charge < -0.3 is 23.7 Å². The van der Waals surface area contributed by atoms with E-state index in [9.17, 15) is 19.2 Å². The second-order valence-electron chi connectivity index (χ2n) is 9.72. The lowest BCUT2D eigenvalue weighted by molar-refractivity contribution is -0.138. The Bertz CT molecular complexity index is 1730. The van der Waals surface area contributed by atoms with Crippen molar-refractivity contribution >= 4 is 47.4 Å². The summed E-state index contributed by atoms with van der Waals surface area (Å²) < 4.78 is 27.4. The highest BCUT2D eigenvalue weighted by molar-refractivity contribution is 8.24. The molecule has 0 saturated carbocycles. The number of nitrogens with zero attached hydrogens (tertiary/aromatic N) is 1. The number of carbonyl (C=O) groups excluding carboxylic acids is 4. The third-order valence-electron chi connectivity index (χ3n) is 6.40. The standard InChI is InChI=1S/C35H31NO9S2/c1-5-9-22-10-12-23(13-11-22)32(38)44-26-18-19-27(31-30(26)46-35(47-31)29(36-4)34(40)41-7-3)45-33(39)24-14-16-25(17-15-24)42-20-8-21-43-28(37)6-2/h6,10-19H,2,5,7-9,20-21H2,1,3H3/b35-29-. The van der Waals surface area contributed by atoms with Crippen molar-refractivity contribution in [3.8, 4) is 17.2 Å². The van der Waals surface area contributed by atoms with E-state index in [-0.39, 0.29) is 36.0 Å². The van der Waals surface area contributed by atoms with E-state index in [1.807, 2.05) is 12.1 Å². The molecule has 10 nitrogen and oxygen atoms in total.